The van der Waals surface area contributed by atoms with Crippen molar-refractivity contribution in [1.29, 1.82) is 5.26 Å². The zero-order valence-corrected chi connectivity index (χ0v) is 18.9. The molecule has 12 heteroatoms. The summed E-state index contributed by atoms with van der Waals surface area (Å²) in [5.41, 5.74) is 0.295. The molecule has 0 bridgehead atoms. The maximum Gasteiger partial charge on any atom is 0.392 e. The van der Waals surface area contributed by atoms with Gasteiger partial charge >= 0.3 is 6.18 Å². The normalized spacial score (nSPS) is 14.6. The fourth-order valence-corrected chi connectivity index (χ4v) is 4.11. The minimum atomic E-state index is -4.45. The standard InChI is InChI=1S/C22H21F4N3O4S/c1-34(31,32)16-3-5-20(33-11-6-22(24,25)26)17(13-16)21(30)29-9-7-28(8-10-29)19-4-2-15(14-27)12-18(19)23/h2-5,12-13H,6-11H2,1H3. The van der Waals surface area contributed by atoms with E-state index in [0.29, 0.717) is 0 Å². The lowest BCUT2D eigenvalue weighted by Gasteiger charge is -2.36. The minimum Gasteiger partial charge on any atom is -0.492 e. The fraction of sp³-hybridized carbons (Fsp3) is 0.364. The third-order valence-corrected chi connectivity index (χ3v) is 6.35. The average Bonchev–Trinajstić information content (AvgIpc) is 2.77. The van der Waals surface area contributed by atoms with Crippen molar-refractivity contribution < 1.29 is 35.5 Å². The van der Waals surface area contributed by atoms with E-state index in [1.807, 2.05) is 6.07 Å². The number of hydrogen-bond acceptors (Lipinski definition) is 6. The van der Waals surface area contributed by atoms with E-state index in [2.05, 4.69) is 0 Å². The Hall–Kier alpha value is -3.33. The Bertz CT molecular complexity index is 1220. The molecular weight excluding hydrogens is 478 g/mol. The first-order chi connectivity index (χ1) is 15.9. The maximum absolute atomic E-state index is 14.3. The lowest BCUT2D eigenvalue weighted by molar-refractivity contribution is -0.139. The molecule has 0 saturated carbocycles. The summed E-state index contributed by atoms with van der Waals surface area (Å²) in [4.78, 5) is 16.1. The highest BCUT2D eigenvalue weighted by molar-refractivity contribution is 7.90. The second kappa shape index (κ2) is 9.89. The van der Waals surface area contributed by atoms with Gasteiger partial charge in [0.2, 0.25) is 0 Å². The van der Waals surface area contributed by atoms with Gasteiger partial charge in [-0.15, -0.1) is 0 Å². The van der Waals surface area contributed by atoms with E-state index < -0.39 is 40.8 Å². The molecule has 0 unspecified atom stereocenters. The quantitative estimate of drug-likeness (QED) is 0.566. The van der Waals surface area contributed by atoms with Crippen LogP contribution in [0.2, 0.25) is 0 Å². The second-order valence-corrected chi connectivity index (χ2v) is 9.72. The molecule has 0 aromatic heterocycles. The number of alkyl halides is 3. The van der Waals surface area contributed by atoms with Gasteiger partial charge in [-0.05, 0) is 36.4 Å². The first kappa shape index (κ1) is 25.3. The van der Waals surface area contributed by atoms with Crippen molar-refractivity contribution >= 4 is 21.4 Å². The summed E-state index contributed by atoms with van der Waals surface area (Å²) in [6.07, 6.45) is -4.73. The van der Waals surface area contributed by atoms with Gasteiger partial charge in [0, 0.05) is 32.4 Å². The van der Waals surface area contributed by atoms with Crippen LogP contribution >= 0.6 is 0 Å². The molecular formula is C22H21F4N3O4S. The van der Waals surface area contributed by atoms with Crippen molar-refractivity contribution in [2.24, 2.45) is 0 Å². The Kier molecular flexibility index (Phi) is 7.35. The van der Waals surface area contributed by atoms with Gasteiger partial charge in [0.15, 0.2) is 9.84 Å². The molecule has 1 aliphatic heterocycles. The van der Waals surface area contributed by atoms with E-state index >= 15 is 0 Å². The van der Waals surface area contributed by atoms with Gasteiger partial charge in [0.05, 0.1) is 40.8 Å². The Labute approximate surface area is 194 Å². The molecule has 7 nitrogen and oxygen atoms in total. The first-order valence-corrected chi connectivity index (χ1v) is 12.1. The van der Waals surface area contributed by atoms with Gasteiger partial charge in [-0.25, -0.2) is 12.8 Å². The van der Waals surface area contributed by atoms with Crippen molar-refractivity contribution in [1.82, 2.24) is 4.90 Å². The molecule has 0 atom stereocenters. The van der Waals surface area contributed by atoms with Gasteiger partial charge in [0.1, 0.15) is 11.6 Å². The summed E-state index contributed by atoms with van der Waals surface area (Å²) in [6, 6.07) is 9.36. The average molecular weight is 499 g/mol. The third-order valence-electron chi connectivity index (χ3n) is 5.24. The van der Waals surface area contributed by atoms with Crippen LogP contribution in [0.4, 0.5) is 23.2 Å². The highest BCUT2D eigenvalue weighted by atomic mass is 32.2. The smallest absolute Gasteiger partial charge is 0.392 e. The molecule has 1 fully saturated rings. The molecule has 1 aliphatic rings. The lowest BCUT2D eigenvalue weighted by Crippen LogP contribution is -2.49. The van der Waals surface area contributed by atoms with Crippen molar-refractivity contribution in [2.75, 3.05) is 43.9 Å². The van der Waals surface area contributed by atoms with Crippen LogP contribution in [-0.4, -0.2) is 64.4 Å². The number of carbonyl (C=O) groups is 1. The van der Waals surface area contributed by atoms with Gasteiger partial charge in [0.25, 0.3) is 5.91 Å². The molecule has 2 aromatic rings. The number of sulfone groups is 1. The predicted molar refractivity (Wildman–Crippen MR) is 115 cm³/mol. The molecule has 3 rings (SSSR count). The van der Waals surface area contributed by atoms with Gasteiger partial charge in [-0.1, -0.05) is 0 Å². The van der Waals surface area contributed by atoms with Crippen LogP contribution in [0, 0.1) is 17.1 Å². The van der Waals surface area contributed by atoms with Crippen molar-refractivity contribution in [3.8, 4) is 11.8 Å². The number of rotatable bonds is 6. The van der Waals surface area contributed by atoms with Crippen LogP contribution in [0.5, 0.6) is 5.75 Å². The van der Waals surface area contributed by atoms with Crippen LogP contribution < -0.4 is 9.64 Å². The Balaban J connectivity index is 1.78. The van der Waals surface area contributed by atoms with E-state index in [0.717, 1.165) is 18.4 Å². The van der Waals surface area contributed by atoms with Crippen molar-refractivity contribution in [2.45, 2.75) is 17.5 Å². The number of ether oxygens (including phenoxy) is 1. The molecule has 1 saturated heterocycles. The Morgan fingerprint density at radius 1 is 1.12 bits per heavy atom. The van der Waals surface area contributed by atoms with Gasteiger partial charge < -0.3 is 14.5 Å². The number of amides is 1. The van der Waals surface area contributed by atoms with E-state index in [1.165, 1.54) is 29.2 Å². The number of nitriles is 1. The molecule has 34 heavy (non-hydrogen) atoms. The summed E-state index contributed by atoms with van der Waals surface area (Å²) < 4.78 is 80.9. The lowest BCUT2D eigenvalue weighted by atomic mass is 10.1. The monoisotopic (exact) mass is 499 g/mol. The summed E-state index contributed by atoms with van der Waals surface area (Å²) in [7, 11) is -3.68. The van der Waals surface area contributed by atoms with Crippen molar-refractivity contribution in [3.63, 3.8) is 0 Å². The summed E-state index contributed by atoms with van der Waals surface area (Å²) in [6.45, 7) is 0.0929. The van der Waals surface area contributed by atoms with Crippen LogP contribution in [0.3, 0.4) is 0 Å². The maximum atomic E-state index is 14.3. The highest BCUT2D eigenvalue weighted by Crippen LogP contribution is 2.28. The number of hydrogen-bond donors (Lipinski definition) is 0. The summed E-state index contributed by atoms with van der Waals surface area (Å²) in [5, 5.41) is 8.88. The largest absolute Gasteiger partial charge is 0.492 e. The summed E-state index contributed by atoms with van der Waals surface area (Å²) >= 11 is 0. The second-order valence-electron chi connectivity index (χ2n) is 7.70. The van der Waals surface area contributed by atoms with Crippen LogP contribution in [0.15, 0.2) is 41.3 Å². The number of nitrogens with zero attached hydrogens (tertiary/aromatic N) is 3. The van der Waals surface area contributed by atoms with E-state index in [9.17, 15) is 30.8 Å². The number of halogens is 4. The van der Waals surface area contributed by atoms with E-state index in [1.54, 1.807) is 4.90 Å². The molecule has 0 spiro atoms. The van der Waals surface area contributed by atoms with Crippen LogP contribution in [0.1, 0.15) is 22.3 Å². The predicted octanol–water partition coefficient (Wildman–Crippen LogP) is 3.39. The van der Waals surface area contributed by atoms with Gasteiger partial charge in [-0.2, -0.15) is 18.4 Å². The highest BCUT2D eigenvalue weighted by Gasteiger charge is 2.29. The zero-order chi connectivity index (χ0) is 25.1. The Morgan fingerprint density at radius 2 is 1.79 bits per heavy atom. The molecule has 0 radical (unpaired) electrons. The summed E-state index contributed by atoms with van der Waals surface area (Å²) in [5.74, 6) is -1.32. The molecule has 182 valence electrons. The SMILES string of the molecule is CS(=O)(=O)c1ccc(OCCC(F)(F)F)c(C(=O)N2CCN(c3ccc(C#N)cc3F)CC2)c1. The number of benzene rings is 2. The molecule has 0 aliphatic carbocycles. The molecule has 1 heterocycles. The van der Waals surface area contributed by atoms with Gasteiger partial charge in [-0.3, -0.25) is 4.79 Å². The molecule has 1 amide bonds. The topological polar surface area (TPSA) is 90.7 Å². The zero-order valence-electron chi connectivity index (χ0n) is 18.1. The number of anilines is 1. The Morgan fingerprint density at radius 3 is 2.35 bits per heavy atom. The fourth-order valence-electron chi connectivity index (χ4n) is 3.46. The third kappa shape index (κ3) is 6.17. The number of carbonyl (C=O) groups excluding carboxylic acids is 1. The number of piperazine rings is 1. The first-order valence-electron chi connectivity index (χ1n) is 10.2. The molecule has 2 aromatic carbocycles. The minimum absolute atomic E-state index is 0.151. The van der Waals surface area contributed by atoms with E-state index in [4.69, 9.17) is 10.00 Å². The van der Waals surface area contributed by atoms with Crippen LogP contribution in [0.25, 0.3) is 0 Å². The van der Waals surface area contributed by atoms with E-state index in [-0.39, 0.29) is 53.6 Å². The van der Waals surface area contributed by atoms with Crippen LogP contribution in [-0.2, 0) is 9.84 Å². The van der Waals surface area contributed by atoms with Crippen molar-refractivity contribution in [3.05, 3.63) is 53.3 Å². The molecule has 0 N–H and O–H groups in total.